The minimum absolute atomic E-state index is 0.0188. The van der Waals surface area contributed by atoms with E-state index in [-0.39, 0.29) is 18.8 Å². The maximum absolute atomic E-state index is 9.48. The van der Waals surface area contributed by atoms with Crippen LogP contribution in [0.15, 0.2) is 30.3 Å². The van der Waals surface area contributed by atoms with Crippen molar-refractivity contribution in [1.29, 1.82) is 0 Å². The molecule has 3 nitrogen and oxygen atoms in total. The number of benzene rings is 1. The Morgan fingerprint density at radius 3 is 1.84 bits per heavy atom. The Kier molecular flexibility index (Phi) is 9.36. The molecule has 0 heterocycles. The molecule has 1 aromatic carbocycles. The largest absolute Gasteiger partial charge is 0.411 e. The first-order chi connectivity index (χ1) is 11.8. The van der Waals surface area contributed by atoms with Gasteiger partial charge in [0.2, 0.25) is 8.32 Å². The Balaban J connectivity index is 2.87. The molecule has 0 aromatic heterocycles. The van der Waals surface area contributed by atoms with Crippen molar-refractivity contribution in [2.24, 2.45) is 0 Å². The zero-order valence-corrected chi connectivity index (χ0v) is 18.2. The van der Waals surface area contributed by atoms with Crippen LogP contribution in [0.2, 0.25) is 16.6 Å². The molecule has 4 heteroatoms. The molecule has 2 atom stereocenters. The highest BCUT2D eigenvalue weighted by molar-refractivity contribution is 6.77. The van der Waals surface area contributed by atoms with E-state index in [1.807, 2.05) is 18.2 Å². The Morgan fingerprint density at radius 1 is 0.880 bits per heavy atom. The predicted octanol–water partition coefficient (Wildman–Crippen LogP) is 5.53. The van der Waals surface area contributed by atoms with Crippen molar-refractivity contribution in [3.8, 4) is 0 Å². The number of hydrogen-bond donors (Lipinski definition) is 1. The zero-order valence-electron chi connectivity index (χ0n) is 17.2. The molecule has 144 valence electrons. The molecule has 0 radical (unpaired) electrons. The van der Waals surface area contributed by atoms with Gasteiger partial charge in [0.25, 0.3) is 0 Å². The molecule has 0 aliphatic heterocycles. The number of ether oxygens (including phenoxy) is 1. The molecule has 0 spiro atoms. The van der Waals surface area contributed by atoms with E-state index in [0.717, 1.165) is 5.56 Å². The standard InChI is InChI=1S/C21H38O3Si/c1-16(2)25(17(3)4,18(5)6)24-19(7)21(13-14-22)23-15-20-11-9-8-10-12-20/h8-12,16-19,21-22H,13-15H2,1-7H3. The molecular formula is C21H38O3Si. The van der Waals surface area contributed by atoms with Crippen LogP contribution in [0.25, 0.3) is 0 Å². The highest BCUT2D eigenvalue weighted by Gasteiger charge is 2.46. The number of aliphatic hydroxyl groups excluding tert-OH is 1. The molecule has 0 bridgehead atoms. The Morgan fingerprint density at radius 2 is 1.40 bits per heavy atom. The van der Waals surface area contributed by atoms with E-state index in [1.54, 1.807) is 0 Å². The second-order valence-electron chi connectivity index (χ2n) is 7.99. The van der Waals surface area contributed by atoms with Crippen molar-refractivity contribution in [2.45, 2.75) is 90.3 Å². The van der Waals surface area contributed by atoms with Gasteiger partial charge in [-0.2, -0.15) is 0 Å². The van der Waals surface area contributed by atoms with Gasteiger partial charge in [-0.25, -0.2) is 0 Å². The van der Waals surface area contributed by atoms with Gasteiger partial charge >= 0.3 is 0 Å². The van der Waals surface area contributed by atoms with Gasteiger partial charge in [-0.05, 0) is 35.5 Å². The van der Waals surface area contributed by atoms with E-state index in [4.69, 9.17) is 9.16 Å². The Bertz CT molecular complexity index is 452. The van der Waals surface area contributed by atoms with Crippen LogP contribution >= 0.6 is 0 Å². The van der Waals surface area contributed by atoms with Crippen LogP contribution in [0.3, 0.4) is 0 Å². The summed E-state index contributed by atoms with van der Waals surface area (Å²) in [6, 6.07) is 10.2. The molecule has 0 saturated heterocycles. The summed E-state index contributed by atoms with van der Waals surface area (Å²) >= 11 is 0. The van der Waals surface area contributed by atoms with Gasteiger partial charge in [0, 0.05) is 6.61 Å². The number of aliphatic hydroxyl groups is 1. The molecule has 1 rings (SSSR count). The van der Waals surface area contributed by atoms with E-state index in [9.17, 15) is 5.11 Å². The fourth-order valence-corrected chi connectivity index (χ4v) is 9.78. The molecule has 0 aliphatic rings. The summed E-state index contributed by atoms with van der Waals surface area (Å²) in [4.78, 5) is 0. The van der Waals surface area contributed by atoms with E-state index in [0.29, 0.717) is 29.7 Å². The van der Waals surface area contributed by atoms with Crippen molar-refractivity contribution in [2.75, 3.05) is 6.61 Å². The third-order valence-electron chi connectivity index (χ3n) is 5.34. The molecule has 0 aliphatic carbocycles. The number of hydrogen-bond acceptors (Lipinski definition) is 3. The lowest BCUT2D eigenvalue weighted by atomic mass is 10.1. The minimum atomic E-state index is -1.95. The van der Waals surface area contributed by atoms with Crippen LogP contribution in [0, 0.1) is 0 Å². The van der Waals surface area contributed by atoms with Crippen LogP contribution in [-0.4, -0.2) is 32.2 Å². The van der Waals surface area contributed by atoms with Gasteiger partial charge in [0.05, 0.1) is 18.8 Å². The summed E-state index contributed by atoms with van der Waals surface area (Å²) < 4.78 is 13.0. The van der Waals surface area contributed by atoms with Gasteiger partial charge in [0.15, 0.2) is 0 Å². The molecular weight excluding hydrogens is 328 g/mol. The van der Waals surface area contributed by atoms with E-state index >= 15 is 0 Å². The van der Waals surface area contributed by atoms with Gasteiger partial charge in [-0.1, -0.05) is 71.9 Å². The first-order valence-corrected chi connectivity index (χ1v) is 11.8. The van der Waals surface area contributed by atoms with Crippen LogP contribution in [0.5, 0.6) is 0 Å². The van der Waals surface area contributed by atoms with Gasteiger partial charge in [0.1, 0.15) is 0 Å². The van der Waals surface area contributed by atoms with Gasteiger partial charge in [-0.3, -0.25) is 0 Å². The van der Waals surface area contributed by atoms with Crippen LogP contribution in [-0.2, 0) is 15.8 Å². The fraction of sp³-hybridized carbons (Fsp3) is 0.714. The lowest BCUT2D eigenvalue weighted by molar-refractivity contribution is -0.0446. The van der Waals surface area contributed by atoms with Crippen molar-refractivity contribution in [3.05, 3.63) is 35.9 Å². The summed E-state index contributed by atoms with van der Waals surface area (Å²) in [6.07, 6.45) is 0.496. The minimum Gasteiger partial charge on any atom is -0.411 e. The van der Waals surface area contributed by atoms with E-state index in [2.05, 4.69) is 60.6 Å². The van der Waals surface area contributed by atoms with Crippen LogP contribution in [0.4, 0.5) is 0 Å². The summed E-state index contributed by atoms with van der Waals surface area (Å²) in [5.74, 6) is 0. The lowest BCUT2D eigenvalue weighted by Crippen LogP contribution is -2.52. The van der Waals surface area contributed by atoms with Crippen molar-refractivity contribution >= 4 is 8.32 Å². The summed E-state index contributed by atoms with van der Waals surface area (Å²) in [6.45, 7) is 16.6. The second kappa shape index (κ2) is 10.5. The topological polar surface area (TPSA) is 38.7 Å². The average Bonchev–Trinajstić information content (AvgIpc) is 2.56. The van der Waals surface area contributed by atoms with Crippen molar-refractivity contribution in [1.82, 2.24) is 0 Å². The third-order valence-corrected chi connectivity index (χ3v) is 11.5. The normalized spacial score (nSPS) is 15.2. The first kappa shape index (κ1) is 22.4. The predicted molar refractivity (Wildman–Crippen MR) is 108 cm³/mol. The van der Waals surface area contributed by atoms with E-state index in [1.165, 1.54) is 0 Å². The third kappa shape index (κ3) is 5.92. The van der Waals surface area contributed by atoms with Crippen LogP contribution < -0.4 is 0 Å². The zero-order chi connectivity index (χ0) is 19.0. The fourth-order valence-electron chi connectivity index (χ4n) is 4.16. The highest BCUT2D eigenvalue weighted by atomic mass is 28.4. The van der Waals surface area contributed by atoms with Crippen molar-refractivity contribution < 1.29 is 14.3 Å². The van der Waals surface area contributed by atoms with Gasteiger partial charge < -0.3 is 14.3 Å². The average molecular weight is 367 g/mol. The molecule has 1 N–H and O–H groups in total. The van der Waals surface area contributed by atoms with Crippen molar-refractivity contribution in [3.63, 3.8) is 0 Å². The SMILES string of the molecule is CC(O[Si](C(C)C)(C(C)C)C(C)C)C(CCO)OCc1ccccc1. The smallest absolute Gasteiger partial charge is 0.200 e. The molecule has 0 amide bonds. The maximum Gasteiger partial charge on any atom is 0.200 e. The molecule has 2 unspecified atom stereocenters. The molecule has 25 heavy (non-hydrogen) atoms. The Hall–Kier alpha value is -0.683. The molecule has 1 aromatic rings. The second-order valence-corrected chi connectivity index (χ2v) is 13.4. The van der Waals surface area contributed by atoms with E-state index < -0.39 is 8.32 Å². The summed E-state index contributed by atoms with van der Waals surface area (Å²) in [5.41, 5.74) is 2.77. The highest BCUT2D eigenvalue weighted by Crippen LogP contribution is 2.43. The maximum atomic E-state index is 9.48. The summed E-state index contributed by atoms with van der Waals surface area (Å²) in [7, 11) is -1.95. The molecule has 0 fully saturated rings. The Labute approximate surface area is 155 Å². The monoisotopic (exact) mass is 366 g/mol. The lowest BCUT2D eigenvalue weighted by Gasteiger charge is -2.45. The molecule has 0 saturated carbocycles. The quantitative estimate of drug-likeness (QED) is 0.523. The first-order valence-electron chi connectivity index (χ1n) is 9.69. The number of rotatable bonds is 11. The van der Waals surface area contributed by atoms with Gasteiger partial charge in [-0.15, -0.1) is 0 Å². The summed E-state index contributed by atoms with van der Waals surface area (Å²) in [5, 5.41) is 9.48. The van der Waals surface area contributed by atoms with Crippen LogP contribution in [0.1, 0.15) is 60.5 Å².